The smallest absolute Gasteiger partial charge is 0.0774 e. The van der Waals surface area contributed by atoms with Crippen LogP contribution in [0.15, 0.2) is 0 Å². The van der Waals surface area contributed by atoms with Crippen LogP contribution in [0.1, 0.15) is 58.3 Å². The topological polar surface area (TPSA) is 49.5 Å². The van der Waals surface area contributed by atoms with Gasteiger partial charge in [0.05, 0.1) is 5.60 Å². The van der Waals surface area contributed by atoms with Gasteiger partial charge in [0.25, 0.3) is 0 Å². The Kier molecular flexibility index (Phi) is 5.27. The largest absolute Gasteiger partial charge is 0.389 e. The van der Waals surface area contributed by atoms with Crippen LogP contribution < -0.4 is 5.73 Å². The lowest BCUT2D eigenvalue weighted by Gasteiger charge is -2.43. The number of nitrogens with zero attached hydrogens (tertiary/aromatic N) is 1. The second-order valence-corrected chi connectivity index (χ2v) is 7.00. The average Bonchev–Trinajstić information content (AvgIpc) is 2.84. The molecule has 0 saturated heterocycles. The minimum absolute atomic E-state index is 0.424. The highest BCUT2D eigenvalue weighted by Gasteiger charge is 2.37. The van der Waals surface area contributed by atoms with Gasteiger partial charge in [-0.25, -0.2) is 0 Å². The van der Waals surface area contributed by atoms with Gasteiger partial charge in [0.2, 0.25) is 0 Å². The molecule has 2 fully saturated rings. The fourth-order valence-electron chi connectivity index (χ4n) is 4.25. The molecule has 0 bridgehead atoms. The summed E-state index contributed by atoms with van der Waals surface area (Å²) in [6, 6.07) is 0.577. The van der Waals surface area contributed by atoms with Gasteiger partial charge in [0, 0.05) is 12.6 Å². The van der Waals surface area contributed by atoms with Crippen LogP contribution in [0.2, 0.25) is 0 Å². The van der Waals surface area contributed by atoms with E-state index in [4.69, 9.17) is 5.73 Å². The van der Waals surface area contributed by atoms with Crippen molar-refractivity contribution in [2.75, 3.05) is 20.1 Å². The SMILES string of the molecule is CCC1CCC(CN)C(N(C)CC2(O)CCCC2)C1. The van der Waals surface area contributed by atoms with Crippen molar-refractivity contribution in [3.8, 4) is 0 Å². The summed E-state index contributed by atoms with van der Waals surface area (Å²) in [5, 5.41) is 10.6. The van der Waals surface area contributed by atoms with E-state index in [1.165, 1.54) is 38.5 Å². The van der Waals surface area contributed by atoms with Gasteiger partial charge < -0.3 is 15.7 Å². The average molecular weight is 268 g/mol. The summed E-state index contributed by atoms with van der Waals surface area (Å²) in [6.07, 6.45) is 9.50. The zero-order chi connectivity index (χ0) is 13.9. The molecule has 0 aromatic heterocycles. The summed E-state index contributed by atoms with van der Waals surface area (Å²) in [5.41, 5.74) is 5.55. The van der Waals surface area contributed by atoms with Crippen LogP contribution in [0.4, 0.5) is 0 Å². The van der Waals surface area contributed by atoms with E-state index in [1.54, 1.807) is 0 Å². The van der Waals surface area contributed by atoms with Crippen molar-refractivity contribution >= 4 is 0 Å². The Balaban J connectivity index is 1.95. The number of nitrogens with two attached hydrogens (primary N) is 1. The Hall–Kier alpha value is -0.120. The molecular formula is C16H32N2O. The zero-order valence-electron chi connectivity index (χ0n) is 12.8. The highest BCUT2D eigenvalue weighted by Crippen LogP contribution is 2.36. The molecule has 0 aromatic rings. The summed E-state index contributed by atoms with van der Waals surface area (Å²) < 4.78 is 0. The van der Waals surface area contributed by atoms with Gasteiger partial charge in [-0.2, -0.15) is 0 Å². The van der Waals surface area contributed by atoms with Crippen LogP contribution in [0.25, 0.3) is 0 Å². The normalized spacial score (nSPS) is 34.9. The first kappa shape index (κ1) is 15.3. The zero-order valence-corrected chi connectivity index (χ0v) is 12.8. The maximum absolute atomic E-state index is 10.6. The van der Waals surface area contributed by atoms with Crippen molar-refractivity contribution in [1.82, 2.24) is 4.90 Å². The van der Waals surface area contributed by atoms with Gasteiger partial charge in [0.1, 0.15) is 0 Å². The number of likely N-dealkylation sites (N-methyl/N-ethyl adjacent to an activating group) is 1. The van der Waals surface area contributed by atoms with Crippen molar-refractivity contribution in [2.45, 2.75) is 69.9 Å². The molecule has 3 N–H and O–H groups in total. The maximum Gasteiger partial charge on any atom is 0.0774 e. The third kappa shape index (κ3) is 3.71. The van der Waals surface area contributed by atoms with E-state index in [9.17, 15) is 5.11 Å². The van der Waals surface area contributed by atoms with Gasteiger partial charge in [-0.3, -0.25) is 0 Å². The summed E-state index contributed by atoms with van der Waals surface area (Å²) in [5.74, 6) is 1.48. The summed E-state index contributed by atoms with van der Waals surface area (Å²) in [7, 11) is 2.20. The molecule has 19 heavy (non-hydrogen) atoms. The van der Waals surface area contributed by atoms with E-state index >= 15 is 0 Å². The first-order valence-electron chi connectivity index (χ1n) is 8.20. The maximum atomic E-state index is 10.6. The molecule has 3 atom stereocenters. The van der Waals surface area contributed by atoms with Crippen LogP contribution in [-0.4, -0.2) is 41.8 Å². The van der Waals surface area contributed by atoms with Crippen LogP contribution in [0.5, 0.6) is 0 Å². The number of rotatable bonds is 5. The van der Waals surface area contributed by atoms with Crippen molar-refractivity contribution < 1.29 is 5.11 Å². The van der Waals surface area contributed by atoms with E-state index in [0.717, 1.165) is 31.8 Å². The number of aliphatic hydroxyl groups is 1. The molecule has 0 aliphatic heterocycles. The highest BCUT2D eigenvalue weighted by molar-refractivity contribution is 4.92. The molecule has 3 heteroatoms. The summed E-state index contributed by atoms with van der Waals surface area (Å²) in [6.45, 7) is 3.93. The molecule has 0 spiro atoms. The van der Waals surface area contributed by atoms with E-state index in [2.05, 4.69) is 18.9 Å². The molecule has 0 amide bonds. The van der Waals surface area contributed by atoms with Crippen LogP contribution in [-0.2, 0) is 0 Å². The summed E-state index contributed by atoms with van der Waals surface area (Å²) in [4.78, 5) is 2.42. The Morgan fingerprint density at radius 2 is 1.95 bits per heavy atom. The van der Waals surface area contributed by atoms with Gasteiger partial charge in [-0.05, 0) is 51.1 Å². The van der Waals surface area contributed by atoms with Gasteiger partial charge in [0.15, 0.2) is 0 Å². The quantitative estimate of drug-likeness (QED) is 0.805. The van der Waals surface area contributed by atoms with E-state index < -0.39 is 5.60 Å². The van der Waals surface area contributed by atoms with Crippen molar-refractivity contribution in [1.29, 1.82) is 0 Å². The fourth-order valence-corrected chi connectivity index (χ4v) is 4.25. The monoisotopic (exact) mass is 268 g/mol. The van der Waals surface area contributed by atoms with Crippen LogP contribution in [0.3, 0.4) is 0 Å². The van der Waals surface area contributed by atoms with Crippen molar-refractivity contribution in [3.05, 3.63) is 0 Å². The van der Waals surface area contributed by atoms with Crippen molar-refractivity contribution in [3.63, 3.8) is 0 Å². The predicted molar refractivity (Wildman–Crippen MR) is 80.0 cm³/mol. The standard InChI is InChI=1S/C16H32N2O/c1-3-13-6-7-14(11-17)15(10-13)18(2)12-16(19)8-4-5-9-16/h13-15,19H,3-12,17H2,1-2H3. The molecule has 3 nitrogen and oxygen atoms in total. The molecular weight excluding hydrogens is 236 g/mol. The minimum atomic E-state index is -0.424. The second-order valence-electron chi connectivity index (χ2n) is 7.00. The molecule has 2 saturated carbocycles. The lowest BCUT2D eigenvalue weighted by Crippen LogP contribution is -2.50. The summed E-state index contributed by atoms with van der Waals surface area (Å²) >= 11 is 0. The number of hydrogen-bond donors (Lipinski definition) is 2. The second kappa shape index (κ2) is 6.55. The lowest BCUT2D eigenvalue weighted by atomic mass is 9.76. The fraction of sp³-hybridized carbons (Fsp3) is 1.00. The molecule has 3 unspecified atom stereocenters. The van der Waals surface area contributed by atoms with E-state index in [0.29, 0.717) is 12.0 Å². The van der Waals surface area contributed by atoms with Gasteiger partial charge in [-0.1, -0.05) is 32.6 Å². The molecule has 2 aliphatic rings. The lowest BCUT2D eigenvalue weighted by molar-refractivity contribution is -0.0130. The molecule has 0 radical (unpaired) electrons. The predicted octanol–water partition coefficient (Wildman–Crippen LogP) is 2.38. The Morgan fingerprint density at radius 3 is 2.53 bits per heavy atom. The van der Waals surface area contributed by atoms with Gasteiger partial charge >= 0.3 is 0 Å². The molecule has 112 valence electrons. The first-order chi connectivity index (χ1) is 9.08. The molecule has 0 heterocycles. The molecule has 0 aromatic carbocycles. The minimum Gasteiger partial charge on any atom is -0.389 e. The van der Waals surface area contributed by atoms with Crippen LogP contribution >= 0.6 is 0 Å². The highest BCUT2D eigenvalue weighted by atomic mass is 16.3. The molecule has 2 rings (SSSR count). The Bertz CT molecular complexity index is 276. The Morgan fingerprint density at radius 1 is 1.26 bits per heavy atom. The van der Waals surface area contributed by atoms with E-state index in [1.807, 2.05) is 0 Å². The third-order valence-corrected chi connectivity index (χ3v) is 5.59. The van der Waals surface area contributed by atoms with E-state index in [-0.39, 0.29) is 0 Å². The van der Waals surface area contributed by atoms with Crippen LogP contribution in [0, 0.1) is 11.8 Å². The first-order valence-corrected chi connectivity index (χ1v) is 8.20. The van der Waals surface area contributed by atoms with Gasteiger partial charge in [-0.15, -0.1) is 0 Å². The Labute approximate surface area is 118 Å². The third-order valence-electron chi connectivity index (χ3n) is 5.59. The number of hydrogen-bond acceptors (Lipinski definition) is 3. The molecule has 2 aliphatic carbocycles. The van der Waals surface area contributed by atoms with Crippen molar-refractivity contribution in [2.24, 2.45) is 17.6 Å².